The highest BCUT2D eigenvalue weighted by Crippen LogP contribution is 2.20. The number of aliphatic hydroxyl groups excluding tert-OH is 1. The average Bonchev–Trinajstić information content (AvgIpc) is 2.46. The van der Waals surface area contributed by atoms with Crippen LogP contribution in [0.25, 0.3) is 6.08 Å². The predicted octanol–water partition coefficient (Wildman–Crippen LogP) is 3.34. The molecule has 2 aromatic rings. The molecule has 0 spiro atoms. The maximum absolute atomic E-state index is 10.7. The van der Waals surface area contributed by atoms with Gasteiger partial charge in [0.05, 0.1) is 11.0 Å². The Morgan fingerprint density at radius 1 is 1.11 bits per heavy atom. The molecule has 0 fully saturated rings. The van der Waals surface area contributed by atoms with Crippen LogP contribution in [0.5, 0.6) is 0 Å². The van der Waals surface area contributed by atoms with Crippen molar-refractivity contribution in [2.45, 2.75) is 6.10 Å². The van der Waals surface area contributed by atoms with Crippen molar-refractivity contribution in [1.82, 2.24) is 0 Å². The van der Waals surface area contributed by atoms with Crippen molar-refractivity contribution in [2.75, 3.05) is 0 Å². The lowest BCUT2D eigenvalue weighted by Crippen LogP contribution is -1.95. The number of nitro groups is 1. The Kier molecular flexibility index (Phi) is 4.05. The Labute approximate surface area is 110 Å². The maximum atomic E-state index is 10.7. The summed E-state index contributed by atoms with van der Waals surface area (Å²) in [7, 11) is 0. The van der Waals surface area contributed by atoms with E-state index in [4.69, 9.17) is 0 Å². The van der Waals surface area contributed by atoms with Gasteiger partial charge < -0.3 is 5.11 Å². The Hall–Kier alpha value is -2.46. The Morgan fingerprint density at radius 2 is 1.84 bits per heavy atom. The van der Waals surface area contributed by atoms with Crippen LogP contribution < -0.4 is 0 Å². The number of aliphatic hydroxyl groups is 1. The van der Waals surface area contributed by atoms with Crippen LogP contribution in [0.4, 0.5) is 5.69 Å². The molecular formula is C15H13NO3. The molecule has 19 heavy (non-hydrogen) atoms. The zero-order chi connectivity index (χ0) is 13.7. The molecule has 4 nitrogen and oxygen atoms in total. The Bertz CT molecular complexity index is 593. The lowest BCUT2D eigenvalue weighted by atomic mass is 10.1. The van der Waals surface area contributed by atoms with E-state index in [0.717, 1.165) is 5.56 Å². The third kappa shape index (κ3) is 3.50. The molecule has 0 aliphatic rings. The zero-order valence-electron chi connectivity index (χ0n) is 10.1. The molecule has 96 valence electrons. The van der Waals surface area contributed by atoms with Gasteiger partial charge in [0.2, 0.25) is 0 Å². The van der Waals surface area contributed by atoms with E-state index >= 15 is 0 Å². The molecule has 0 heterocycles. The zero-order valence-corrected chi connectivity index (χ0v) is 10.1. The summed E-state index contributed by atoms with van der Waals surface area (Å²) in [5, 5.41) is 20.6. The van der Waals surface area contributed by atoms with Gasteiger partial charge in [-0.3, -0.25) is 10.1 Å². The molecule has 2 aromatic carbocycles. The summed E-state index contributed by atoms with van der Waals surface area (Å²) in [4.78, 5) is 10.2. The highest BCUT2D eigenvalue weighted by atomic mass is 16.6. The fourth-order valence-electron chi connectivity index (χ4n) is 1.70. The highest BCUT2D eigenvalue weighted by molar-refractivity contribution is 5.50. The van der Waals surface area contributed by atoms with Crippen molar-refractivity contribution in [1.29, 1.82) is 0 Å². The molecule has 0 radical (unpaired) electrons. The van der Waals surface area contributed by atoms with Gasteiger partial charge >= 0.3 is 0 Å². The third-order valence-electron chi connectivity index (χ3n) is 2.69. The second-order valence-electron chi connectivity index (χ2n) is 4.07. The molecule has 0 aromatic heterocycles. The first-order valence-electron chi connectivity index (χ1n) is 5.82. The number of hydrogen-bond acceptors (Lipinski definition) is 3. The van der Waals surface area contributed by atoms with Gasteiger partial charge in [-0.2, -0.15) is 0 Å². The van der Waals surface area contributed by atoms with Gasteiger partial charge in [0, 0.05) is 12.1 Å². The normalized spacial score (nSPS) is 12.5. The minimum Gasteiger partial charge on any atom is -0.384 e. The number of nitrogens with zero attached hydrogens (tertiary/aromatic N) is 1. The van der Waals surface area contributed by atoms with Crippen LogP contribution in [0.15, 0.2) is 60.7 Å². The molecule has 0 amide bonds. The van der Waals surface area contributed by atoms with E-state index in [0.29, 0.717) is 5.56 Å². The molecule has 1 atom stereocenters. The van der Waals surface area contributed by atoms with Crippen LogP contribution in [-0.2, 0) is 0 Å². The van der Waals surface area contributed by atoms with E-state index in [2.05, 4.69) is 0 Å². The summed E-state index contributed by atoms with van der Waals surface area (Å²) in [6.45, 7) is 0. The van der Waals surface area contributed by atoms with Crippen LogP contribution in [0.3, 0.4) is 0 Å². The highest BCUT2D eigenvalue weighted by Gasteiger charge is 2.09. The molecular weight excluding hydrogens is 242 g/mol. The number of benzene rings is 2. The van der Waals surface area contributed by atoms with Gasteiger partial charge in [0.1, 0.15) is 0 Å². The molecule has 0 saturated heterocycles. The van der Waals surface area contributed by atoms with Crippen LogP contribution in [0.1, 0.15) is 17.2 Å². The molecule has 0 saturated carbocycles. The summed E-state index contributed by atoms with van der Waals surface area (Å²) in [5.41, 5.74) is 1.44. The summed E-state index contributed by atoms with van der Waals surface area (Å²) in [5.74, 6) is 0. The quantitative estimate of drug-likeness (QED) is 0.673. The minimum atomic E-state index is -0.861. The van der Waals surface area contributed by atoms with Crippen molar-refractivity contribution >= 4 is 11.8 Å². The van der Waals surface area contributed by atoms with Crippen molar-refractivity contribution in [2.24, 2.45) is 0 Å². The fourth-order valence-corrected chi connectivity index (χ4v) is 1.70. The van der Waals surface area contributed by atoms with Gasteiger partial charge in [-0.1, -0.05) is 54.6 Å². The number of nitro benzene ring substituents is 1. The standard InChI is InChI=1S/C15H13NO3/c17-15(10-9-12-5-2-1-3-6-12)13-7-4-8-14(11-13)16(18)19/h1-11,15,17H/b10-9+. The monoisotopic (exact) mass is 255 g/mol. The van der Waals surface area contributed by atoms with E-state index in [1.54, 1.807) is 24.3 Å². The lowest BCUT2D eigenvalue weighted by molar-refractivity contribution is -0.385. The van der Waals surface area contributed by atoms with E-state index < -0.39 is 11.0 Å². The summed E-state index contributed by atoms with van der Waals surface area (Å²) < 4.78 is 0. The molecule has 0 aliphatic carbocycles. The largest absolute Gasteiger partial charge is 0.384 e. The van der Waals surface area contributed by atoms with E-state index in [1.807, 2.05) is 30.3 Å². The van der Waals surface area contributed by atoms with E-state index in [1.165, 1.54) is 12.1 Å². The first-order chi connectivity index (χ1) is 9.16. The summed E-state index contributed by atoms with van der Waals surface area (Å²) in [6.07, 6.45) is 2.53. The Morgan fingerprint density at radius 3 is 2.53 bits per heavy atom. The molecule has 0 bridgehead atoms. The summed E-state index contributed by atoms with van der Waals surface area (Å²) in [6, 6.07) is 15.5. The maximum Gasteiger partial charge on any atom is 0.269 e. The Balaban J connectivity index is 2.16. The average molecular weight is 255 g/mol. The topological polar surface area (TPSA) is 63.4 Å². The lowest BCUT2D eigenvalue weighted by Gasteiger charge is -2.05. The first-order valence-corrected chi connectivity index (χ1v) is 5.82. The van der Waals surface area contributed by atoms with Gasteiger partial charge in [0.15, 0.2) is 0 Å². The first kappa shape index (κ1) is 13.0. The predicted molar refractivity (Wildman–Crippen MR) is 73.5 cm³/mol. The van der Waals surface area contributed by atoms with Crippen molar-refractivity contribution in [3.05, 3.63) is 81.9 Å². The van der Waals surface area contributed by atoms with Gasteiger partial charge in [0.25, 0.3) is 5.69 Å². The summed E-state index contributed by atoms with van der Waals surface area (Å²) >= 11 is 0. The fraction of sp³-hybridized carbons (Fsp3) is 0.0667. The van der Waals surface area contributed by atoms with Gasteiger partial charge in [-0.15, -0.1) is 0 Å². The smallest absolute Gasteiger partial charge is 0.269 e. The second kappa shape index (κ2) is 5.93. The van der Waals surface area contributed by atoms with Crippen LogP contribution in [-0.4, -0.2) is 10.0 Å². The molecule has 0 aliphatic heterocycles. The van der Waals surface area contributed by atoms with E-state index in [9.17, 15) is 15.2 Å². The molecule has 1 N–H and O–H groups in total. The SMILES string of the molecule is O=[N+]([O-])c1cccc(C(O)/C=C/c2ccccc2)c1. The molecule has 1 unspecified atom stereocenters. The molecule has 2 rings (SSSR count). The number of non-ortho nitro benzene ring substituents is 1. The molecule has 4 heteroatoms. The van der Waals surface area contributed by atoms with E-state index in [-0.39, 0.29) is 5.69 Å². The third-order valence-corrected chi connectivity index (χ3v) is 2.69. The number of hydrogen-bond donors (Lipinski definition) is 1. The minimum absolute atomic E-state index is 0.0235. The second-order valence-corrected chi connectivity index (χ2v) is 4.07. The van der Waals surface area contributed by atoms with Crippen molar-refractivity contribution in [3.8, 4) is 0 Å². The number of rotatable bonds is 4. The van der Waals surface area contributed by atoms with Crippen LogP contribution in [0.2, 0.25) is 0 Å². The van der Waals surface area contributed by atoms with Crippen LogP contribution in [0, 0.1) is 10.1 Å². The van der Waals surface area contributed by atoms with Crippen molar-refractivity contribution < 1.29 is 10.0 Å². The van der Waals surface area contributed by atoms with Crippen molar-refractivity contribution in [3.63, 3.8) is 0 Å². The van der Waals surface area contributed by atoms with Gasteiger partial charge in [-0.05, 0) is 11.1 Å². The van der Waals surface area contributed by atoms with Crippen LogP contribution >= 0.6 is 0 Å². The van der Waals surface area contributed by atoms with Gasteiger partial charge in [-0.25, -0.2) is 0 Å².